The molecule has 0 atom stereocenters. The summed E-state index contributed by atoms with van der Waals surface area (Å²) in [6.07, 6.45) is 1.81. The van der Waals surface area contributed by atoms with Gasteiger partial charge in [-0.2, -0.15) is 0 Å². The van der Waals surface area contributed by atoms with Crippen LogP contribution in [0.4, 0.5) is 0 Å². The Kier molecular flexibility index (Phi) is 8.11. The smallest absolute Gasteiger partial charge is 0.221 e. The van der Waals surface area contributed by atoms with Crippen molar-refractivity contribution in [2.24, 2.45) is 0 Å². The number of para-hydroxylation sites is 2. The highest BCUT2D eigenvalue weighted by Crippen LogP contribution is 2.39. The van der Waals surface area contributed by atoms with Crippen LogP contribution in [0.3, 0.4) is 0 Å². The Morgan fingerprint density at radius 3 is 2.04 bits per heavy atom. The average Bonchev–Trinajstić information content (AvgIpc) is 3.87. The van der Waals surface area contributed by atoms with E-state index in [1.165, 1.54) is 11.1 Å². The quantitative estimate of drug-likeness (QED) is 0.157. The third-order valence-corrected chi connectivity index (χ3v) is 10.3. The molecule has 9 rings (SSSR count). The second-order valence-electron chi connectivity index (χ2n) is 14.6. The molecule has 0 aliphatic carbocycles. The number of aryl methyl sites for hydroxylation is 2. The highest BCUT2D eigenvalue weighted by Gasteiger charge is 2.25. The number of imidazole rings is 2. The van der Waals surface area contributed by atoms with Gasteiger partial charge in [0.2, 0.25) is 5.78 Å². The van der Waals surface area contributed by atoms with Crippen LogP contribution in [0.25, 0.3) is 62.1 Å². The van der Waals surface area contributed by atoms with E-state index in [4.69, 9.17) is 24.9 Å². The zero-order valence-electron chi connectivity index (χ0n) is 31.3. The maximum Gasteiger partial charge on any atom is 0.221 e. The highest BCUT2D eigenvalue weighted by atomic mass is 16.5. The van der Waals surface area contributed by atoms with Crippen LogP contribution in [-0.4, -0.2) is 33.7 Å². The lowest BCUT2D eigenvalue weighted by atomic mass is 9.92. The molecule has 54 heavy (non-hydrogen) atoms. The number of benzene rings is 5. The van der Waals surface area contributed by atoms with Gasteiger partial charge in [0.25, 0.3) is 0 Å². The van der Waals surface area contributed by atoms with Gasteiger partial charge < -0.3 is 4.74 Å². The van der Waals surface area contributed by atoms with Crippen molar-refractivity contribution >= 4 is 27.8 Å². The molecular formula is C46H41N7O. The van der Waals surface area contributed by atoms with Crippen molar-refractivity contribution in [3.8, 4) is 45.8 Å². The summed E-state index contributed by atoms with van der Waals surface area (Å²) in [5.41, 5.74) is 11.9. The molecule has 9 aromatic rings. The number of nitrogens with zero attached hydrogens (tertiary/aromatic N) is 7. The summed E-state index contributed by atoms with van der Waals surface area (Å²) in [5, 5.41) is 9.79. The minimum absolute atomic E-state index is 0.290. The van der Waals surface area contributed by atoms with Gasteiger partial charge in [0.15, 0.2) is 11.6 Å². The zero-order valence-corrected chi connectivity index (χ0v) is 31.3. The Morgan fingerprint density at radius 2 is 1.28 bits per heavy atom. The molecular weight excluding hydrogens is 667 g/mol. The summed E-state index contributed by atoms with van der Waals surface area (Å²) in [6.45, 7) is 13.2. The molecule has 0 aliphatic rings. The van der Waals surface area contributed by atoms with Gasteiger partial charge in [-0.3, -0.25) is 13.5 Å². The second-order valence-corrected chi connectivity index (χ2v) is 14.6. The van der Waals surface area contributed by atoms with Crippen LogP contribution >= 0.6 is 0 Å². The van der Waals surface area contributed by atoms with E-state index in [1.54, 1.807) is 0 Å². The van der Waals surface area contributed by atoms with Crippen molar-refractivity contribution in [1.29, 1.82) is 0 Å². The molecule has 4 aromatic heterocycles. The Labute approximate surface area is 314 Å². The largest absolute Gasteiger partial charge is 0.457 e. The maximum atomic E-state index is 6.68. The second kappa shape index (κ2) is 13.1. The SMILES string of the molecule is Cc1ccccc1-c1nnc(-c2cccc(Oc3ccc4c(c3)n(-c3ccccn3)c3nc5c(C)cccc5n43)c2)n1-c1c(C(C)C)cccc1C(C)C. The van der Waals surface area contributed by atoms with Crippen LogP contribution in [0, 0.1) is 13.8 Å². The Hall–Kier alpha value is -6.54. The molecule has 0 radical (unpaired) electrons. The zero-order chi connectivity index (χ0) is 37.1. The van der Waals surface area contributed by atoms with E-state index in [9.17, 15) is 0 Å². The van der Waals surface area contributed by atoms with E-state index in [1.807, 2.05) is 42.6 Å². The van der Waals surface area contributed by atoms with Crippen molar-refractivity contribution < 1.29 is 4.74 Å². The predicted octanol–water partition coefficient (Wildman–Crippen LogP) is 11.4. The number of hydrogen-bond acceptors (Lipinski definition) is 5. The van der Waals surface area contributed by atoms with Gasteiger partial charge in [0, 0.05) is 23.4 Å². The monoisotopic (exact) mass is 707 g/mol. The molecule has 8 nitrogen and oxygen atoms in total. The van der Waals surface area contributed by atoms with E-state index in [-0.39, 0.29) is 11.8 Å². The molecule has 0 amide bonds. The first kappa shape index (κ1) is 33.3. The first-order chi connectivity index (χ1) is 26.3. The van der Waals surface area contributed by atoms with Crippen LogP contribution in [0.2, 0.25) is 0 Å². The van der Waals surface area contributed by atoms with E-state index in [0.29, 0.717) is 11.5 Å². The molecule has 0 spiro atoms. The molecule has 5 aromatic carbocycles. The predicted molar refractivity (Wildman–Crippen MR) is 217 cm³/mol. The first-order valence-corrected chi connectivity index (χ1v) is 18.5. The summed E-state index contributed by atoms with van der Waals surface area (Å²) >= 11 is 0. The van der Waals surface area contributed by atoms with Crippen molar-refractivity contribution in [2.45, 2.75) is 53.4 Å². The van der Waals surface area contributed by atoms with E-state index < -0.39 is 0 Å². The number of ether oxygens (including phenoxy) is 1. The Balaban J connectivity index is 1.19. The number of pyridine rings is 1. The fourth-order valence-electron chi connectivity index (χ4n) is 7.66. The van der Waals surface area contributed by atoms with Gasteiger partial charge >= 0.3 is 0 Å². The third kappa shape index (κ3) is 5.45. The number of rotatable bonds is 8. The van der Waals surface area contributed by atoms with Crippen molar-refractivity contribution in [2.75, 3.05) is 0 Å². The molecule has 0 saturated carbocycles. The number of fused-ring (bicyclic) bond motifs is 5. The molecule has 0 N–H and O–H groups in total. The molecule has 0 bridgehead atoms. The van der Waals surface area contributed by atoms with Crippen LogP contribution in [0.1, 0.15) is 61.8 Å². The Morgan fingerprint density at radius 1 is 0.574 bits per heavy atom. The normalized spacial score (nSPS) is 11.9. The van der Waals surface area contributed by atoms with Gasteiger partial charge in [-0.25, -0.2) is 9.97 Å². The van der Waals surface area contributed by atoms with Crippen molar-refractivity contribution in [3.05, 3.63) is 150 Å². The Bertz CT molecular complexity index is 2810. The first-order valence-electron chi connectivity index (χ1n) is 18.5. The number of aromatic nitrogens is 7. The van der Waals surface area contributed by atoms with E-state index >= 15 is 0 Å². The molecule has 0 saturated heterocycles. The minimum Gasteiger partial charge on any atom is -0.457 e. The molecule has 0 unspecified atom stereocenters. The lowest BCUT2D eigenvalue weighted by Gasteiger charge is -2.23. The van der Waals surface area contributed by atoms with Crippen LogP contribution < -0.4 is 4.74 Å². The maximum absolute atomic E-state index is 6.68. The van der Waals surface area contributed by atoms with E-state index in [0.717, 1.165) is 73.3 Å². The summed E-state index contributed by atoms with van der Waals surface area (Å²) in [4.78, 5) is 9.84. The lowest BCUT2D eigenvalue weighted by Crippen LogP contribution is -2.10. The van der Waals surface area contributed by atoms with E-state index in [2.05, 4.69) is 140 Å². The fourth-order valence-corrected chi connectivity index (χ4v) is 7.66. The lowest BCUT2D eigenvalue weighted by molar-refractivity contribution is 0.483. The summed E-state index contributed by atoms with van der Waals surface area (Å²) < 4.78 is 13.2. The molecule has 8 heteroatoms. The topological polar surface area (TPSA) is 75.1 Å². The van der Waals surface area contributed by atoms with Crippen LogP contribution in [-0.2, 0) is 0 Å². The summed E-state index contributed by atoms with van der Waals surface area (Å²) in [7, 11) is 0. The fraction of sp³-hybridized carbons (Fsp3) is 0.174. The van der Waals surface area contributed by atoms with Crippen molar-refractivity contribution in [3.63, 3.8) is 0 Å². The minimum atomic E-state index is 0.290. The number of hydrogen-bond donors (Lipinski definition) is 0. The highest BCUT2D eigenvalue weighted by molar-refractivity contribution is 5.93. The van der Waals surface area contributed by atoms with Gasteiger partial charge in [-0.1, -0.05) is 100 Å². The molecule has 4 heterocycles. The van der Waals surface area contributed by atoms with Gasteiger partial charge in [0.1, 0.15) is 17.3 Å². The van der Waals surface area contributed by atoms with Gasteiger partial charge in [0.05, 0.1) is 27.8 Å². The summed E-state index contributed by atoms with van der Waals surface area (Å²) in [5.74, 6) is 5.15. The molecule has 266 valence electrons. The molecule has 0 fully saturated rings. The molecule has 0 aliphatic heterocycles. The van der Waals surface area contributed by atoms with Gasteiger partial charge in [-0.15, -0.1) is 10.2 Å². The standard InChI is InChI=1S/C46H41N7O/c1-28(2)35-19-13-20-36(29(3)4)43(35)53-44(49-50-45(53)37-18-8-7-14-30(37)5)32-16-12-17-33(26-32)54-34-23-24-38-40(27-34)52(41-22-9-10-25-47-41)46-48-42-31(6)15-11-21-39(42)51(38)46/h7-29H,1-6H3. The van der Waals surface area contributed by atoms with Crippen LogP contribution in [0.15, 0.2) is 128 Å². The van der Waals surface area contributed by atoms with Crippen molar-refractivity contribution in [1.82, 2.24) is 33.7 Å². The average molecular weight is 708 g/mol. The third-order valence-electron chi connectivity index (χ3n) is 10.3. The summed E-state index contributed by atoms with van der Waals surface area (Å²) in [6, 6.07) is 41.6. The van der Waals surface area contributed by atoms with Gasteiger partial charge in [-0.05, 0) is 90.4 Å². The van der Waals surface area contributed by atoms with Crippen LogP contribution in [0.5, 0.6) is 11.5 Å².